The summed E-state index contributed by atoms with van der Waals surface area (Å²) in [6.45, 7) is -0.153. The van der Waals surface area contributed by atoms with Gasteiger partial charge in [0.15, 0.2) is 0 Å². The Hall–Kier alpha value is -1.61. The summed E-state index contributed by atoms with van der Waals surface area (Å²) < 4.78 is 17.7. The van der Waals surface area contributed by atoms with Gasteiger partial charge in [0, 0.05) is 5.56 Å². The number of aliphatic hydroxyl groups is 1. The Morgan fingerprint density at radius 1 is 1.14 bits per heavy atom. The molecule has 0 aliphatic heterocycles. The summed E-state index contributed by atoms with van der Waals surface area (Å²) in [7, 11) is 0. The highest BCUT2D eigenvalue weighted by Gasteiger charge is 2.06. The molecule has 0 saturated carbocycles. The maximum atomic E-state index is 12.6. The van der Waals surface area contributed by atoms with Crippen LogP contribution in [0.1, 0.15) is 5.76 Å². The summed E-state index contributed by atoms with van der Waals surface area (Å²) in [5, 5.41) is 8.96. The van der Waals surface area contributed by atoms with Crippen molar-refractivity contribution in [2.24, 2.45) is 0 Å². The van der Waals surface area contributed by atoms with E-state index in [0.29, 0.717) is 5.76 Å². The maximum absolute atomic E-state index is 12.6. The first-order chi connectivity index (χ1) is 6.81. The first-order valence-corrected chi connectivity index (χ1v) is 4.24. The number of aliphatic hydroxyl groups excluding tert-OH is 1. The minimum atomic E-state index is -0.275. The number of rotatable bonds is 2. The fourth-order valence-electron chi connectivity index (χ4n) is 1.35. The van der Waals surface area contributed by atoms with Gasteiger partial charge >= 0.3 is 0 Å². The van der Waals surface area contributed by atoms with E-state index in [2.05, 4.69) is 0 Å². The standard InChI is InChI=1S/C11H9FO2/c12-9-3-1-8(2-4-9)10-5-6-14-11(10)7-13/h1-6,13H,7H2. The molecule has 0 fully saturated rings. The highest BCUT2D eigenvalue weighted by molar-refractivity contribution is 5.65. The Kier molecular flexibility index (Phi) is 2.33. The van der Waals surface area contributed by atoms with Crippen molar-refractivity contribution in [2.45, 2.75) is 6.61 Å². The first kappa shape index (κ1) is 8.97. The summed E-state index contributed by atoms with van der Waals surface area (Å²) in [5.41, 5.74) is 1.64. The second-order valence-corrected chi connectivity index (χ2v) is 2.92. The van der Waals surface area contributed by atoms with Crippen molar-refractivity contribution in [3.05, 3.63) is 48.2 Å². The van der Waals surface area contributed by atoms with E-state index >= 15 is 0 Å². The molecular formula is C11H9FO2. The Bertz CT molecular complexity index is 417. The van der Waals surface area contributed by atoms with Crippen LogP contribution >= 0.6 is 0 Å². The van der Waals surface area contributed by atoms with Crippen LogP contribution in [0.2, 0.25) is 0 Å². The molecule has 72 valence electrons. The lowest BCUT2D eigenvalue weighted by atomic mass is 10.1. The highest BCUT2D eigenvalue weighted by atomic mass is 19.1. The summed E-state index contributed by atoms with van der Waals surface area (Å²) >= 11 is 0. The molecule has 0 atom stereocenters. The van der Waals surface area contributed by atoms with Crippen molar-refractivity contribution in [1.82, 2.24) is 0 Å². The highest BCUT2D eigenvalue weighted by Crippen LogP contribution is 2.24. The van der Waals surface area contributed by atoms with E-state index in [4.69, 9.17) is 9.52 Å². The largest absolute Gasteiger partial charge is 0.466 e. The van der Waals surface area contributed by atoms with Crippen molar-refractivity contribution < 1.29 is 13.9 Å². The monoisotopic (exact) mass is 192 g/mol. The molecule has 2 rings (SSSR count). The second kappa shape index (κ2) is 3.64. The number of hydrogen-bond acceptors (Lipinski definition) is 2. The number of hydrogen-bond donors (Lipinski definition) is 1. The molecule has 0 unspecified atom stereocenters. The third-order valence-corrected chi connectivity index (χ3v) is 2.04. The minimum absolute atomic E-state index is 0.153. The van der Waals surface area contributed by atoms with Crippen molar-refractivity contribution >= 4 is 0 Å². The summed E-state index contributed by atoms with van der Waals surface area (Å²) in [6, 6.07) is 7.81. The van der Waals surface area contributed by atoms with Crippen LogP contribution in [0.15, 0.2) is 41.0 Å². The predicted octanol–water partition coefficient (Wildman–Crippen LogP) is 2.58. The SMILES string of the molecule is OCc1occc1-c1ccc(F)cc1. The van der Waals surface area contributed by atoms with Crippen molar-refractivity contribution in [2.75, 3.05) is 0 Å². The van der Waals surface area contributed by atoms with Crippen LogP contribution in [-0.4, -0.2) is 5.11 Å². The molecule has 0 bridgehead atoms. The van der Waals surface area contributed by atoms with Crippen molar-refractivity contribution in [3.63, 3.8) is 0 Å². The van der Waals surface area contributed by atoms with Crippen LogP contribution in [0.3, 0.4) is 0 Å². The Labute approximate surface area is 80.6 Å². The van der Waals surface area contributed by atoms with Gasteiger partial charge in [-0.15, -0.1) is 0 Å². The molecule has 2 aromatic rings. The molecule has 14 heavy (non-hydrogen) atoms. The zero-order valence-electron chi connectivity index (χ0n) is 7.40. The van der Waals surface area contributed by atoms with Crippen molar-refractivity contribution in [3.8, 4) is 11.1 Å². The fourth-order valence-corrected chi connectivity index (χ4v) is 1.35. The van der Waals surface area contributed by atoms with E-state index in [1.807, 2.05) is 0 Å². The number of furan rings is 1. The molecule has 1 aromatic heterocycles. The van der Waals surface area contributed by atoms with Crippen LogP contribution in [0.25, 0.3) is 11.1 Å². The van der Waals surface area contributed by atoms with E-state index < -0.39 is 0 Å². The van der Waals surface area contributed by atoms with Crippen LogP contribution < -0.4 is 0 Å². The van der Waals surface area contributed by atoms with Gasteiger partial charge in [-0.1, -0.05) is 12.1 Å². The summed E-state index contributed by atoms with van der Waals surface area (Å²) in [6.07, 6.45) is 1.50. The van der Waals surface area contributed by atoms with E-state index in [1.165, 1.54) is 18.4 Å². The number of halogens is 1. The van der Waals surface area contributed by atoms with E-state index in [0.717, 1.165) is 11.1 Å². The smallest absolute Gasteiger partial charge is 0.136 e. The Morgan fingerprint density at radius 3 is 2.50 bits per heavy atom. The molecule has 0 aliphatic carbocycles. The quantitative estimate of drug-likeness (QED) is 0.793. The lowest BCUT2D eigenvalue weighted by Crippen LogP contribution is -1.83. The Balaban J connectivity index is 2.44. The van der Waals surface area contributed by atoms with Gasteiger partial charge in [-0.2, -0.15) is 0 Å². The topological polar surface area (TPSA) is 33.4 Å². The average molecular weight is 192 g/mol. The maximum Gasteiger partial charge on any atom is 0.136 e. The van der Waals surface area contributed by atoms with Gasteiger partial charge in [0.2, 0.25) is 0 Å². The summed E-state index contributed by atoms with van der Waals surface area (Å²) in [5.74, 6) is 0.222. The van der Waals surface area contributed by atoms with Gasteiger partial charge in [0.25, 0.3) is 0 Å². The van der Waals surface area contributed by atoms with Crippen molar-refractivity contribution in [1.29, 1.82) is 0 Å². The predicted molar refractivity (Wildman–Crippen MR) is 50.0 cm³/mol. The van der Waals surface area contributed by atoms with Crippen LogP contribution in [-0.2, 0) is 6.61 Å². The van der Waals surface area contributed by atoms with Gasteiger partial charge in [-0.05, 0) is 23.8 Å². The van der Waals surface area contributed by atoms with Gasteiger partial charge < -0.3 is 9.52 Å². The fraction of sp³-hybridized carbons (Fsp3) is 0.0909. The minimum Gasteiger partial charge on any atom is -0.466 e. The van der Waals surface area contributed by atoms with Crippen LogP contribution in [0.5, 0.6) is 0 Å². The molecule has 0 aliphatic rings. The van der Waals surface area contributed by atoms with Gasteiger partial charge in [-0.25, -0.2) is 4.39 Å². The van der Waals surface area contributed by atoms with Gasteiger partial charge in [-0.3, -0.25) is 0 Å². The molecule has 0 spiro atoms. The molecule has 2 nitrogen and oxygen atoms in total. The third kappa shape index (κ3) is 1.54. The average Bonchev–Trinajstić information content (AvgIpc) is 2.67. The third-order valence-electron chi connectivity index (χ3n) is 2.04. The molecule has 1 heterocycles. The molecule has 0 saturated heterocycles. The molecule has 3 heteroatoms. The van der Waals surface area contributed by atoms with E-state index in [1.54, 1.807) is 18.2 Å². The van der Waals surface area contributed by atoms with Crippen LogP contribution in [0.4, 0.5) is 4.39 Å². The molecule has 0 amide bonds. The molecule has 1 N–H and O–H groups in total. The molecule has 1 aromatic carbocycles. The van der Waals surface area contributed by atoms with E-state index in [-0.39, 0.29) is 12.4 Å². The zero-order valence-corrected chi connectivity index (χ0v) is 7.40. The summed E-state index contributed by atoms with van der Waals surface area (Å²) in [4.78, 5) is 0. The normalized spacial score (nSPS) is 10.4. The van der Waals surface area contributed by atoms with Crippen LogP contribution in [0, 0.1) is 5.82 Å². The van der Waals surface area contributed by atoms with Gasteiger partial charge in [0.05, 0.1) is 6.26 Å². The second-order valence-electron chi connectivity index (χ2n) is 2.92. The molecular weight excluding hydrogens is 183 g/mol. The zero-order chi connectivity index (χ0) is 9.97. The van der Waals surface area contributed by atoms with E-state index in [9.17, 15) is 4.39 Å². The first-order valence-electron chi connectivity index (χ1n) is 4.24. The number of benzene rings is 1. The lowest BCUT2D eigenvalue weighted by molar-refractivity contribution is 0.248. The Morgan fingerprint density at radius 2 is 1.86 bits per heavy atom. The lowest BCUT2D eigenvalue weighted by Gasteiger charge is -1.99. The molecule has 0 radical (unpaired) electrons. The van der Waals surface area contributed by atoms with Gasteiger partial charge in [0.1, 0.15) is 18.2 Å².